The molecule has 0 saturated carbocycles. The summed E-state index contributed by atoms with van der Waals surface area (Å²) in [5.74, 6) is 0.766. The summed E-state index contributed by atoms with van der Waals surface area (Å²) in [6.07, 6.45) is 4.10. The van der Waals surface area contributed by atoms with E-state index < -0.39 is 0 Å². The van der Waals surface area contributed by atoms with Crippen molar-refractivity contribution < 1.29 is 4.79 Å². The summed E-state index contributed by atoms with van der Waals surface area (Å²) < 4.78 is 0. The number of carbonyl (C=O) groups excluding carboxylic acids is 1. The highest BCUT2D eigenvalue weighted by molar-refractivity contribution is 6.03. The number of anilines is 2. The van der Waals surface area contributed by atoms with Gasteiger partial charge in [0.2, 0.25) is 0 Å². The predicted molar refractivity (Wildman–Crippen MR) is 98.6 cm³/mol. The maximum Gasteiger partial charge on any atom is 0.275 e. The zero-order valence-corrected chi connectivity index (χ0v) is 15.1. The van der Waals surface area contributed by atoms with E-state index in [4.69, 9.17) is 0 Å². The average Bonchev–Trinajstić information content (AvgIpc) is 2.56. The lowest BCUT2D eigenvalue weighted by Gasteiger charge is -2.16. The van der Waals surface area contributed by atoms with Crippen molar-refractivity contribution in [3.05, 3.63) is 47.4 Å². The summed E-state index contributed by atoms with van der Waals surface area (Å²) in [5.41, 5.74) is 3.33. The van der Waals surface area contributed by atoms with E-state index in [0.29, 0.717) is 23.5 Å². The van der Waals surface area contributed by atoms with Crippen molar-refractivity contribution in [1.29, 1.82) is 0 Å². The predicted octanol–water partition coefficient (Wildman–Crippen LogP) is 4.37. The van der Waals surface area contributed by atoms with Gasteiger partial charge in [0, 0.05) is 11.7 Å². The number of para-hydroxylation sites is 1. The second-order valence-corrected chi connectivity index (χ2v) is 6.39. The quantitative estimate of drug-likeness (QED) is 0.827. The Kier molecular flexibility index (Phi) is 5.90. The maximum atomic E-state index is 12.5. The molecule has 5 nitrogen and oxygen atoms in total. The van der Waals surface area contributed by atoms with Crippen LogP contribution in [0.5, 0.6) is 0 Å². The normalized spacial score (nSPS) is 12.1. The van der Waals surface area contributed by atoms with Crippen molar-refractivity contribution in [2.45, 2.75) is 53.0 Å². The number of rotatable bonds is 6. The van der Waals surface area contributed by atoms with Crippen LogP contribution in [0.3, 0.4) is 0 Å². The van der Waals surface area contributed by atoms with Crippen LogP contribution >= 0.6 is 0 Å². The van der Waals surface area contributed by atoms with Crippen molar-refractivity contribution in [3.63, 3.8) is 0 Å². The van der Waals surface area contributed by atoms with Crippen molar-refractivity contribution in [3.8, 4) is 0 Å². The second kappa shape index (κ2) is 7.90. The molecule has 0 aliphatic heterocycles. The lowest BCUT2D eigenvalue weighted by molar-refractivity contribution is 0.102. The Labute approximate surface area is 143 Å². The molecule has 0 aliphatic carbocycles. The monoisotopic (exact) mass is 326 g/mol. The summed E-state index contributed by atoms with van der Waals surface area (Å²) in [5, 5.41) is 6.22. The Morgan fingerprint density at radius 3 is 2.50 bits per heavy atom. The molecule has 2 rings (SSSR count). The number of nitrogens with one attached hydrogen (secondary N) is 2. The van der Waals surface area contributed by atoms with Crippen molar-refractivity contribution in [1.82, 2.24) is 9.97 Å². The smallest absolute Gasteiger partial charge is 0.275 e. The van der Waals surface area contributed by atoms with Gasteiger partial charge in [0.15, 0.2) is 0 Å². The van der Waals surface area contributed by atoms with Crippen LogP contribution in [0, 0.1) is 6.92 Å². The molecule has 128 valence electrons. The lowest BCUT2D eigenvalue weighted by Crippen LogP contribution is -2.18. The largest absolute Gasteiger partial charge is 0.366 e. The standard InChI is InChI=1S/C19H26N4O/c1-6-14(5)22-17-11-20-16(10-21-17)19(24)23-18-13(4)8-7-9-15(18)12(2)3/h7-12,14H,6H2,1-5H3,(H,21,22)(H,23,24). The average molecular weight is 326 g/mol. The van der Waals surface area contributed by atoms with Crippen LogP contribution in [0.1, 0.15) is 61.6 Å². The third kappa shape index (κ3) is 4.31. The number of carbonyl (C=O) groups is 1. The molecule has 0 aliphatic rings. The Balaban J connectivity index is 2.16. The minimum Gasteiger partial charge on any atom is -0.366 e. The van der Waals surface area contributed by atoms with Gasteiger partial charge >= 0.3 is 0 Å². The van der Waals surface area contributed by atoms with Crippen LogP contribution in [0.25, 0.3) is 0 Å². The van der Waals surface area contributed by atoms with Gasteiger partial charge in [-0.2, -0.15) is 0 Å². The highest BCUT2D eigenvalue weighted by Crippen LogP contribution is 2.27. The molecule has 1 unspecified atom stereocenters. The van der Waals surface area contributed by atoms with Crippen LogP contribution in [-0.2, 0) is 0 Å². The molecular formula is C19H26N4O. The van der Waals surface area contributed by atoms with Gasteiger partial charge in [0.05, 0.1) is 12.4 Å². The SMILES string of the molecule is CCC(C)Nc1cnc(C(=O)Nc2c(C)cccc2C(C)C)cn1. The first kappa shape index (κ1) is 17.9. The number of aryl methyl sites for hydroxylation is 1. The molecule has 0 bridgehead atoms. The third-order valence-corrected chi connectivity index (χ3v) is 4.06. The maximum absolute atomic E-state index is 12.5. The van der Waals surface area contributed by atoms with Gasteiger partial charge in [-0.25, -0.2) is 9.97 Å². The van der Waals surface area contributed by atoms with Gasteiger partial charge in [-0.15, -0.1) is 0 Å². The van der Waals surface area contributed by atoms with E-state index in [1.807, 2.05) is 25.1 Å². The fraction of sp³-hybridized carbons (Fsp3) is 0.421. The number of amides is 1. The van der Waals surface area contributed by atoms with Crippen molar-refractivity contribution in [2.75, 3.05) is 10.6 Å². The van der Waals surface area contributed by atoms with Gasteiger partial charge in [-0.1, -0.05) is 39.0 Å². The summed E-state index contributed by atoms with van der Waals surface area (Å²) in [6, 6.07) is 6.36. The lowest BCUT2D eigenvalue weighted by atomic mass is 9.98. The zero-order valence-electron chi connectivity index (χ0n) is 15.1. The van der Waals surface area contributed by atoms with E-state index in [9.17, 15) is 4.79 Å². The molecule has 1 amide bonds. The highest BCUT2D eigenvalue weighted by atomic mass is 16.1. The van der Waals surface area contributed by atoms with E-state index in [1.165, 1.54) is 6.20 Å². The Morgan fingerprint density at radius 1 is 1.17 bits per heavy atom. The van der Waals surface area contributed by atoms with Crippen LogP contribution in [0.15, 0.2) is 30.6 Å². The van der Waals surface area contributed by atoms with Gasteiger partial charge in [-0.05, 0) is 37.3 Å². The summed E-state index contributed by atoms with van der Waals surface area (Å²) in [7, 11) is 0. The Bertz CT molecular complexity index is 695. The molecule has 1 heterocycles. The fourth-order valence-electron chi connectivity index (χ4n) is 2.39. The molecule has 1 aromatic heterocycles. The van der Waals surface area contributed by atoms with Crippen LogP contribution in [0.4, 0.5) is 11.5 Å². The Morgan fingerprint density at radius 2 is 1.92 bits per heavy atom. The van der Waals surface area contributed by atoms with Gasteiger partial charge in [0.1, 0.15) is 11.5 Å². The number of benzene rings is 1. The molecule has 2 aromatic rings. The minimum atomic E-state index is -0.242. The molecule has 5 heteroatoms. The second-order valence-electron chi connectivity index (χ2n) is 6.39. The van der Waals surface area contributed by atoms with Crippen molar-refractivity contribution in [2.24, 2.45) is 0 Å². The number of nitrogens with zero attached hydrogens (tertiary/aromatic N) is 2. The topological polar surface area (TPSA) is 66.9 Å². The van der Waals surface area contributed by atoms with E-state index in [1.54, 1.807) is 6.20 Å². The molecule has 1 atom stereocenters. The molecule has 1 aromatic carbocycles. The molecule has 2 N–H and O–H groups in total. The number of hydrogen-bond acceptors (Lipinski definition) is 4. The first-order chi connectivity index (χ1) is 11.4. The van der Waals surface area contributed by atoms with Crippen LogP contribution < -0.4 is 10.6 Å². The summed E-state index contributed by atoms with van der Waals surface area (Å²) in [4.78, 5) is 21.0. The van der Waals surface area contributed by atoms with E-state index in [-0.39, 0.29) is 5.91 Å². The van der Waals surface area contributed by atoms with E-state index in [2.05, 4.69) is 48.3 Å². The van der Waals surface area contributed by atoms with Crippen LogP contribution in [-0.4, -0.2) is 21.9 Å². The third-order valence-electron chi connectivity index (χ3n) is 4.06. The summed E-state index contributed by atoms with van der Waals surface area (Å²) in [6.45, 7) is 10.4. The zero-order chi connectivity index (χ0) is 17.7. The van der Waals surface area contributed by atoms with Crippen LogP contribution in [0.2, 0.25) is 0 Å². The van der Waals surface area contributed by atoms with Gasteiger partial charge in [-0.3, -0.25) is 4.79 Å². The molecule has 0 fully saturated rings. The summed E-state index contributed by atoms with van der Waals surface area (Å²) >= 11 is 0. The van der Waals surface area contributed by atoms with Gasteiger partial charge in [0.25, 0.3) is 5.91 Å². The molecule has 0 radical (unpaired) electrons. The van der Waals surface area contributed by atoms with Crippen molar-refractivity contribution >= 4 is 17.4 Å². The first-order valence-corrected chi connectivity index (χ1v) is 8.41. The van der Waals surface area contributed by atoms with Gasteiger partial charge < -0.3 is 10.6 Å². The molecule has 0 saturated heterocycles. The number of aromatic nitrogens is 2. The minimum absolute atomic E-state index is 0.242. The molecule has 24 heavy (non-hydrogen) atoms. The van der Waals surface area contributed by atoms with E-state index in [0.717, 1.165) is 23.2 Å². The van der Waals surface area contributed by atoms with E-state index >= 15 is 0 Å². The Hall–Kier alpha value is -2.43. The molecular weight excluding hydrogens is 300 g/mol. The number of hydrogen-bond donors (Lipinski definition) is 2. The first-order valence-electron chi connectivity index (χ1n) is 8.41. The highest BCUT2D eigenvalue weighted by Gasteiger charge is 2.14. The fourth-order valence-corrected chi connectivity index (χ4v) is 2.39. The molecule has 0 spiro atoms.